The number of nitrogens with zero attached hydrogens (tertiary/aromatic N) is 1. The summed E-state index contributed by atoms with van der Waals surface area (Å²) in [5.41, 5.74) is 5.18. The van der Waals surface area contributed by atoms with Crippen LogP contribution in [-0.2, 0) is 0 Å². The van der Waals surface area contributed by atoms with E-state index in [9.17, 15) is 9.90 Å². The minimum absolute atomic E-state index is 0.189. The van der Waals surface area contributed by atoms with Crippen molar-refractivity contribution >= 4 is 17.1 Å². The maximum Gasteiger partial charge on any atom is 0.403 e. The minimum Gasteiger partial charge on any atom is -0.537 e. The number of carbonyl (C=O) groups excluding carboxylic acids is 1. The van der Waals surface area contributed by atoms with Crippen LogP contribution in [0.25, 0.3) is 16.8 Å². The molecule has 0 unspecified atom stereocenters. The Hall–Kier alpha value is -2.62. The molecule has 0 spiro atoms. The topological polar surface area (TPSA) is 57.1 Å². The van der Waals surface area contributed by atoms with Crippen LogP contribution in [0.5, 0.6) is 0 Å². The van der Waals surface area contributed by atoms with Crippen LogP contribution >= 0.6 is 0 Å². The van der Waals surface area contributed by atoms with Crippen LogP contribution in [0.2, 0.25) is 0 Å². The van der Waals surface area contributed by atoms with Crippen molar-refractivity contribution in [2.45, 2.75) is 20.8 Å². The molecule has 0 aliphatic rings. The SMILES string of the molecule is Cc1cc(C)c(-[n+]2c(C(=O)[O-])oc3ccccc32)c(C)c1. The normalized spacial score (nSPS) is 11.0. The standard InChI is InChI=1S/C17H15NO3/c1-10-8-11(2)15(12(3)9-10)18-13-6-4-5-7-14(13)21-16(18)17(19)20/h4-9H,1-3H3. The highest BCUT2D eigenvalue weighted by Gasteiger charge is 2.28. The lowest BCUT2D eigenvalue weighted by Crippen LogP contribution is -2.42. The number of aryl methyl sites for hydroxylation is 3. The molecule has 0 saturated carbocycles. The van der Waals surface area contributed by atoms with Crippen LogP contribution < -0.4 is 9.67 Å². The van der Waals surface area contributed by atoms with E-state index in [0.29, 0.717) is 11.1 Å². The van der Waals surface area contributed by atoms with Gasteiger partial charge >= 0.3 is 5.89 Å². The van der Waals surface area contributed by atoms with Crippen molar-refractivity contribution in [2.24, 2.45) is 0 Å². The largest absolute Gasteiger partial charge is 0.537 e. The Labute approximate surface area is 122 Å². The summed E-state index contributed by atoms with van der Waals surface area (Å²) in [5, 5.41) is 11.4. The van der Waals surface area contributed by atoms with E-state index in [0.717, 1.165) is 22.4 Å². The number of carboxylic acid groups (broad SMARTS) is 1. The predicted molar refractivity (Wildman–Crippen MR) is 76.3 cm³/mol. The zero-order valence-corrected chi connectivity index (χ0v) is 12.1. The van der Waals surface area contributed by atoms with E-state index in [1.54, 1.807) is 10.6 Å². The fourth-order valence-corrected chi connectivity index (χ4v) is 2.87. The van der Waals surface area contributed by atoms with Crippen LogP contribution in [0.1, 0.15) is 27.4 Å². The van der Waals surface area contributed by atoms with Gasteiger partial charge < -0.3 is 14.3 Å². The number of fused-ring (bicyclic) bond motifs is 1. The van der Waals surface area contributed by atoms with Gasteiger partial charge in [-0.3, -0.25) is 0 Å². The van der Waals surface area contributed by atoms with E-state index in [4.69, 9.17) is 4.42 Å². The Morgan fingerprint density at radius 1 is 1.10 bits per heavy atom. The van der Waals surface area contributed by atoms with Gasteiger partial charge in [-0.1, -0.05) is 17.7 Å². The van der Waals surface area contributed by atoms with Crippen molar-refractivity contribution in [3.8, 4) is 5.69 Å². The van der Waals surface area contributed by atoms with Crippen LogP contribution in [0, 0.1) is 20.8 Å². The third-order valence-electron chi connectivity index (χ3n) is 3.55. The Kier molecular flexibility index (Phi) is 3.01. The molecular formula is C17H15NO3. The quantitative estimate of drug-likeness (QED) is 0.675. The number of hydrogen-bond acceptors (Lipinski definition) is 3. The lowest BCUT2D eigenvalue weighted by atomic mass is 10.0. The van der Waals surface area contributed by atoms with Gasteiger partial charge in [-0.25, -0.2) is 0 Å². The van der Waals surface area contributed by atoms with Gasteiger partial charge in [-0.05, 0) is 39.0 Å². The van der Waals surface area contributed by atoms with E-state index in [1.807, 2.05) is 51.1 Å². The van der Waals surface area contributed by atoms with Crippen molar-refractivity contribution in [1.82, 2.24) is 0 Å². The summed E-state index contributed by atoms with van der Waals surface area (Å²) in [5.74, 6) is -1.52. The summed E-state index contributed by atoms with van der Waals surface area (Å²) >= 11 is 0. The first-order valence-corrected chi connectivity index (χ1v) is 6.72. The van der Waals surface area contributed by atoms with Crippen molar-refractivity contribution in [3.63, 3.8) is 0 Å². The van der Waals surface area contributed by atoms with Crippen LogP contribution in [0.15, 0.2) is 40.8 Å². The van der Waals surface area contributed by atoms with E-state index < -0.39 is 5.97 Å². The molecule has 106 valence electrons. The molecule has 2 aromatic carbocycles. The Morgan fingerprint density at radius 3 is 2.33 bits per heavy atom. The molecule has 3 aromatic rings. The molecule has 0 aliphatic carbocycles. The number of oxazole rings is 1. The van der Waals surface area contributed by atoms with Gasteiger partial charge in [0, 0.05) is 17.2 Å². The zero-order valence-electron chi connectivity index (χ0n) is 12.1. The number of carboxylic acids is 1. The molecule has 4 heteroatoms. The van der Waals surface area contributed by atoms with E-state index >= 15 is 0 Å². The third-order valence-corrected chi connectivity index (χ3v) is 3.55. The second-order valence-electron chi connectivity index (χ2n) is 5.25. The number of hydrogen-bond donors (Lipinski definition) is 0. The molecule has 0 atom stereocenters. The Balaban J connectivity index is 2.44. The van der Waals surface area contributed by atoms with Gasteiger partial charge in [0.05, 0.1) is 0 Å². The average molecular weight is 281 g/mol. The Bertz CT molecular complexity index is 839. The maximum absolute atomic E-state index is 11.4. The maximum atomic E-state index is 11.4. The molecular weight excluding hydrogens is 266 g/mol. The molecule has 21 heavy (non-hydrogen) atoms. The lowest BCUT2D eigenvalue weighted by molar-refractivity contribution is -0.581. The molecule has 0 saturated heterocycles. The molecule has 1 aromatic heterocycles. The van der Waals surface area contributed by atoms with Crippen molar-refractivity contribution in [3.05, 3.63) is 59.0 Å². The molecule has 4 nitrogen and oxygen atoms in total. The fourth-order valence-electron chi connectivity index (χ4n) is 2.87. The highest BCUT2D eigenvalue weighted by atomic mass is 16.4. The number of benzene rings is 2. The molecule has 1 heterocycles. The number of para-hydroxylation sites is 2. The van der Waals surface area contributed by atoms with E-state index in [1.165, 1.54) is 0 Å². The molecule has 0 N–H and O–H groups in total. The fraction of sp³-hybridized carbons (Fsp3) is 0.176. The van der Waals surface area contributed by atoms with Crippen LogP contribution in [0.3, 0.4) is 0 Å². The highest BCUT2D eigenvalue weighted by molar-refractivity contribution is 5.82. The van der Waals surface area contributed by atoms with Gasteiger partial charge in [0.2, 0.25) is 11.3 Å². The number of rotatable bonds is 2. The highest BCUT2D eigenvalue weighted by Crippen LogP contribution is 2.21. The lowest BCUT2D eigenvalue weighted by Gasteiger charge is -2.06. The second kappa shape index (κ2) is 4.74. The third kappa shape index (κ3) is 2.09. The van der Waals surface area contributed by atoms with Gasteiger partial charge in [-0.15, -0.1) is 4.57 Å². The second-order valence-corrected chi connectivity index (χ2v) is 5.25. The monoisotopic (exact) mass is 281 g/mol. The smallest absolute Gasteiger partial charge is 0.403 e. The van der Waals surface area contributed by atoms with Gasteiger partial charge in [0.25, 0.3) is 5.52 Å². The average Bonchev–Trinajstić information content (AvgIpc) is 2.77. The summed E-state index contributed by atoms with van der Waals surface area (Å²) in [6.45, 7) is 5.94. The minimum atomic E-state index is -1.33. The molecule has 3 rings (SSSR count). The number of aromatic nitrogens is 1. The van der Waals surface area contributed by atoms with Gasteiger partial charge in [-0.2, -0.15) is 0 Å². The first kappa shape index (κ1) is 13.4. The Morgan fingerprint density at radius 2 is 1.71 bits per heavy atom. The van der Waals surface area contributed by atoms with Crippen molar-refractivity contribution in [1.29, 1.82) is 0 Å². The molecule has 0 fully saturated rings. The molecule has 0 aliphatic heterocycles. The van der Waals surface area contributed by atoms with Crippen LogP contribution in [0.4, 0.5) is 0 Å². The van der Waals surface area contributed by atoms with E-state index in [2.05, 4.69) is 0 Å². The summed E-state index contributed by atoms with van der Waals surface area (Å²) in [4.78, 5) is 11.4. The summed E-state index contributed by atoms with van der Waals surface area (Å²) in [6, 6.07) is 11.3. The van der Waals surface area contributed by atoms with Crippen molar-refractivity contribution < 1.29 is 18.9 Å². The van der Waals surface area contributed by atoms with Gasteiger partial charge in [0.15, 0.2) is 5.97 Å². The first-order valence-electron chi connectivity index (χ1n) is 6.72. The number of carbonyl (C=O) groups is 1. The van der Waals surface area contributed by atoms with Crippen LogP contribution in [-0.4, -0.2) is 5.97 Å². The summed E-state index contributed by atoms with van der Waals surface area (Å²) in [6.07, 6.45) is 0. The number of aromatic carboxylic acids is 1. The first-order chi connectivity index (χ1) is 9.99. The summed E-state index contributed by atoms with van der Waals surface area (Å²) < 4.78 is 7.08. The summed E-state index contributed by atoms with van der Waals surface area (Å²) in [7, 11) is 0. The molecule has 0 radical (unpaired) electrons. The van der Waals surface area contributed by atoms with Gasteiger partial charge in [0.1, 0.15) is 0 Å². The van der Waals surface area contributed by atoms with E-state index in [-0.39, 0.29) is 5.89 Å². The molecule has 0 bridgehead atoms. The predicted octanol–water partition coefficient (Wildman–Crippen LogP) is 2.00. The van der Waals surface area contributed by atoms with Crippen molar-refractivity contribution in [2.75, 3.05) is 0 Å². The zero-order chi connectivity index (χ0) is 15.1. The molecule has 0 amide bonds.